The maximum Gasteiger partial charge on any atom is 0.231 e. The van der Waals surface area contributed by atoms with E-state index in [-0.39, 0.29) is 17.9 Å². The second kappa shape index (κ2) is 7.38. The van der Waals surface area contributed by atoms with E-state index in [4.69, 9.17) is 9.47 Å². The average Bonchev–Trinajstić information content (AvgIpc) is 2.91. The second-order valence-corrected chi connectivity index (χ2v) is 4.87. The summed E-state index contributed by atoms with van der Waals surface area (Å²) in [7, 11) is 0. The van der Waals surface area contributed by atoms with Gasteiger partial charge in [0.05, 0.1) is 31.4 Å². The molecule has 21 heavy (non-hydrogen) atoms. The van der Waals surface area contributed by atoms with Crippen molar-refractivity contribution in [2.75, 3.05) is 31.7 Å². The molecular formula is C15H21FN2O3. The van der Waals surface area contributed by atoms with Crippen LogP contribution in [0.1, 0.15) is 13.8 Å². The molecule has 0 aromatic heterocycles. The van der Waals surface area contributed by atoms with Gasteiger partial charge in [-0.25, -0.2) is 4.39 Å². The van der Waals surface area contributed by atoms with Crippen LogP contribution in [-0.2, 0) is 9.53 Å². The molecule has 2 atom stereocenters. The highest BCUT2D eigenvalue weighted by molar-refractivity contribution is 5.94. The predicted octanol–water partition coefficient (Wildman–Crippen LogP) is 1.79. The van der Waals surface area contributed by atoms with E-state index < -0.39 is 5.82 Å². The number of halogens is 1. The van der Waals surface area contributed by atoms with Crippen LogP contribution in [0, 0.1) is 11.7 Å². The lowest BCUT2D eigenvalue weighted by molar-refractivity contribution is -0.120. The van der Waals surface area contributed by atoms with Crippen LogP contribution in [-0.4, -0.2) is 38.3 Å². The van der Waals surface area contributed by atoms with Gasteiger partial charge in [0.2, 0.25) is 5.91 Å². The molecule has 0 saturated carbocycles. The number of benzene rings is 1. The van der Waals surface area contributed by atoms with Crippen LogP contribution in [0.15, 0.2) is 18.2 Å². The van der Waals surface area contributed by atoms with Gasteiger partial charge in [-0.1, -0.05) is 6.92 Å². The summed E-state index contributed by atoms with van der Waals surface area (Å²) in [6.07, 6.45) is 0. The SMILES string of the molecule is CCNC1COCC1C(=O)Nc1ccc(F)cc1OCC. The Hall–Kier alpha value is -1.66. The Kier molecular flexibility index (Phi) is 5.52. The van der Waals surface area contributed by atoms with Crippen molar-refractivity contribution in [1.29, 1.82) is 0 Å². The van der Waals surface area contributed by atoms with Crippen molar-refractivity contribution in [3.05, 3.63) is 24.0 Å². The largest absolute Gasteiger partial charge is 0.492 e. The fraction of sp³-hybridized carbons (Fsp3) is 0.533. The number of rotatable bonds is 6. The second-order valence-electron chi connectivity index (χ2n) is 4.87. The number of likely N-dealkylation sites (N-methyl/N-ethyl adjacent to an activating group) is 1. The highest BCUT2D eigenvalue weighted by atomic mass is 19.1. The van der Waals surface area contributed by atoms with Crippen molar-refractivity contribution in [3.63, 3.8) is 0 Å². The normalized spacial score (nSPS) is 21.3. The third-order valence-electron chi connectivity index (χ3n) is 3.38. The van der Waals surface area contributed by atoms with Crippen molar-refractivity contribution >= 4 is 11.6 Å². The van der Waals surface area contributed by atoms with Gasteiger partial charge in [0, 0.05) is 12.1 Å². The number of amides is 1. The Labute approximate surface area is 123 Å². The monoisotopic (exact) mass is 296 g/mol. The molecule has 2 rings (SSSR count). The number of ether oxygens (including phenoxy) is 2. The summed E-state index contributed by atoms with van der Waals surface area (Å²) in [5.74, 6) is -0.466. The van der Waals surface area contributed by atoms with Gasteiger partial charge in [0.1, 0.15) is 11.6 Å². The molecule has 116 valence electrons. The van der Waals surface area contributed by atoms with E-state index in [2.05, 4.69) is 10.6 Å². The maximum absolute atomic E-state index is 13.2. The minimum Gasteiger partial charge on any atom is -0.492 e. The number of anilines is 1. The zero-order valence-electron chi connectivity index (χ0n) is 12.3. The Morgan fingerprint density at radius 3 is 2.95 bits per heavy atom. The summed E-state index contributed by atoms with van der Waals surface area (Å²) >= 11 is 0. The molecule has 1 saturated heterocycles. The van der Waals surface area contributed by atoms with E-state index in [1.54, 1.807) is 0 Å². The number of carbonyl (C=O) groups is 1. The Morgan fingerprint density at radius 1 is 1.43 bits per heavy atom. The van der Waals surface area contributed by atoms with E-state index in [0.29, 0.717) is 31.3 Å². The van der Waals surface area contributed by atoms with Gasteiger partial charge >= 0.3 is 0 Å². The van der Waals surface area contributed by atoms with Crippen LogP contribution in [0.25, 0.3) is 0 Å². The van der Waals surface area contributed by atoms with Gasteiger partial charge in [0.15, 0.2) is 0 Å². The van der Waals surface area contributed by atoms with Gasteiger partial charge in [-0.3, -0.25) is 4.79 Å². The lowest BCUT2D eigenvalue weighted by Gasteiger charge is -2.19. The van der Waals surface area contributed by atoms with E-state index in [1.807, 2.05) is 13.8 Å². The number of nitrogens with one attached hydrogen (secondary N) is 2. The number of hydrogen-bond donors (Lipinski definition) is 2. The molecule has 1 heterocycles. The van der Waals surface area contributed by atoms with E-state index >= 15 is 0 Å². The summed E-state index contributed by atoms with van der Waals surface area (Å²) in [5.41, 5.74) is 0.477. The van der Waals surface area contributed by atoms with Crippen molar-refractivity contribution in [2.45, 2.75) is 19.9 Å². The molecule has 1 amide bonds. The topological polar surface area (TPSA) is 59.6 Å². The zero-order chi connectivity index (χ0) is 15.2. The molecule has 0 aliphatic carbocycles. The lowest BCUT2D eigenvalue weighted by atomic mass is 10.0. The van der Waals surface area contributed by atoms with E-state index in [9.17, 15) is 9.18 Å². The predicted molar refractivity (Wildman–Crippen MR) is 78.0 cm³/mol. The molecule has 0 radical (unpaired) electrons. The summed E-state index contributed by atoms with van der Waals surface area (Å²) in [6.45, 7) is 5.88. The van der Waals surface area contributed by atoms with Crippen LogP contribution in [0.3, 0.4) is 0 Å². The first-order chi connectivity index (χ1) is 10.2. The Morgan fingerprint density at radius 2 is 2.24 bits per heavy atom. The first-order valence-electron chi connectivity index (χ1n) is 7.20. The zero-order valence-corrected chi connectivity index (χ0v) is 12.3. The fourth-order valence-electron chi connectivity index (χ4n) is 2.38. The number of carbonyl (C=O) groups excluding carboxylic acids is 1. The highest BCUT2D eigenvalue weighted by Gasteiger charge is 2.33. The third-order valence-corrected chi connectivity index (χ3v) is 3.38. The van der Waals surface area contributed by atoms with Gasteiger partial charge in [-0.2, -0.15) is 0 Å². The first kappa shape index (κ1) is 15.7. The van der Waals surface area contributed by atoms with Crippen molar-refractivity contribution in [3.8, 4) is 5.75 Å². The standard InChI is InChI=1S/C15H21FN2O3/c1-3-17-13-9-20-8-11(13)15(19)18-12-6-5-10(16)7-14(12)21-4-2/h5-7,11,13,17H,3-4,8-9H2,1-2H3,(H,18,19). The maximum atomic E-state index is 13.2. The van der Waals surface area contributed by atoms with Crippen LogP contribution >= 0.6 is 0 Å². The molecule has 1 aliphatic rings. The van der Waals surface area contributed by atoms with Gasteiger partial charge in [0.25, 0.3) is 0 Å². The highest BCUT2D eigenvalue weighted by Crippen LogP contribution is 2.27. The molecule has 0 spiro atoms. The first-order valence-corrected chi connectivity index (χ1v) is 7.20. The molecule has 2 unspecified atom stereocenters. The molecule has 1 aliphatic heterocycles. The summed E-state index contributed by atoms with van der Waals surface area (Å²) in [6, 6.07) is 4.08. The molecule has 5 nitrogen and oxygen atoms in total. The minimum atomic E-state index is -0.397. The average molecular weight is 296 g/mol. The van der Waals surface area contributed by atoms with Gasteiger partial charge in [-0.05, 0) is 25.6 Å². The molecule has 1 aromatic carbocycles. The van der Waals surface area contributed by atoms with Crippen molar-refractivity contribution in [1.82, 2.24) is 5.32 Å². The van der Waals surface area contributed by atoms with E-state index in [0.717, 1.165) is 6.54 Å². The summed E-state index contributed by atoms with van der Waals surface area (Å²) in [5, 5.41) is 6.04. The number of hydrogen-bond acceptors (Lipinski definition) is 4. The molecule has 0 bridgehead atoms. The molecular weight excluding hydrogens is 275 g/mol. The van der Waals surface area contributed by atoms with Gasteiger partial charge < -0.3 is 20.1 Å². The van der Waals surface area contributed by atoms with Crippen LogP contribution in [0.5, 0.6) is 5.75 Å². The fourth-order valence-corrected chi connectivity index (χ4v) is 2.38. The Bertz CT molecular complexity index is 496. The summed E-state index contributed by atoms with van der Waals surface area (Å²) in [4.78, 5) is 12.4. The molecule has 1 fully saturated rings. The molecule has 6 heteroatoms. The summed E-state index contributed by atoms with van der Waals surface area (Å²) < 4.78 is 24.0. The Balaban J connectivity index is 2.08. The lowest BCUT2D eigenvalue weighted by Crippen LogP contribution is -2.41. The van der Waals surface area contributed by atoms with Crippen LogP contribution in [0.4, 0.5) is 10.1 Å². The molecule has 1 aromatic rings. The van der Waals surface area contributed by atoms with Crippen LogP contribution in [0.2, 0.25) is 0 Å². The van der Waals surface area contributed by atoms with Crippen LogP contribution < -0.4 is 15.4 Å². The van der Waals surface area contributed by atoms with Crippen molar-refractivity contribution in [2.24, 2.45) is 5.92 Å². The smallest absolute Gasteiger partial charge is 0.231 e. The van der Waals surface area contributed by atoms with Crippen molar-refractivity contribution < 1.29 is 18.7 Å². The van der Waals surface area contributed by atoms with E-state index in [1.165, 1.54) is 18.2 Å². The minimum absolute atomic E-state index is 0.00555. The molecule has 2 N–H and O–H groups in total. The third kappa shape index (κ3) is 3.92. The van der Waals surface area contributed by atoms with Gasteiger partial charge in [-0.15, -0.1) is 0 Å². The quantitative estimate of drug-likeness (QED) is 0.840.